The van der Waals surface area contributed by atoms with Gasteiger partial charge in [-0.2, -0.15) is 0 Å². The highest BCUT2D eigenvalue weighted by Gasteiger charge is 2.39. The Morgan fingerprint density at radius 1 is 1.28 bits per heavy atom. The molecule has 0 N–H and O–H groups in total. The molecular weight excluding hydrogens is 340 g/mol. The summed E-state index contributed by atoms with van der Waals surface area (Å²) in [4.78, 5) is 30.5. The van der Waals surface area contributed by atoms with Crippen molar-refractivity contribution >= 4 is 40.9 Å². The molecule has 0 unspecified atom stereocenters. The maximum atomic E-state index is 12.9. The van der Waals surface area contributed by atoms with Crippen LogP contribution in [0.3, 0.4) is 0 Å². The molecule has 0 bridgehead atoms. The van der Waals surface area contributed by atoms with Crippen LogP contribution in [0.4, 0.5) is 10.5 Å². The Hall–Kier alpha value is -2.66. The molecule has 2 amide bonds. The standard InChI is InChI=1S/C19H17ClN2O3/c1-19(2,3)25-18(24)22-16-10-13(20)6-7-14(16)15(17(22)23)9-12-5-4-8-21-11-12/h4-11H,1-3H3/b15-9+. The number of carbonyl (C=O) groups is 2. The molecule has 128 valence electrons. The molecule has 0 atom stereocenters. The van der Waals surface area contributed by atoms with E-state index in [1.165, 1.54) is 0 Å². The number of ether oxygens (including phenoxy) is 1. The van der Waals surface area contributed by atoms with Crippen LogP contribution in [0.2, 0.25) is 5.02 Å². The van der Waals surface area contributed by atoms with E-state index in [2.05, 4.69) is 4.98 Å². The van der Waals surface area contributed by atoms with Crippen LogP contribution >= 0.6 is 11.6 Å². The Morgan fingerprint density at radius 3 is 2.68 bits per heavy atom. The molecule has 1 aliphatic heterocycles. The number of nitrogens with zero attached hydrogens (tertiary/aromatic N) is 2. The molecule has 5 nitrogen and oxygen atoms in total. The average Bonchev–Trinajstić information content (AvgIpc) is 2.78. The van der Waals surface area contributed by atoms with E-state index in [1.54, 1.807) is 63.5 Å². The molecule has 1 aliphatic rings. The van der Waals surface area contributed by atoms with Crippen LogP contribution in [0.25, 0.3) is 11.6 Å². The van der Waals surface area contributed by atoms with Crippen molar-refractivity contribution in [3.63, 3.8) is 0 Å². The van der Waals surface area contributed by atoms with Crippen LogP contribution in [-0.2, 0) is 9.53 Å². The molecule has 6 heteroatoms. The maximum Gasteiger partial charge on any atom is 0.422 e. The van der Waals surface area contributed by atoms with E-state index in [-0.39, 0.29) is 0 Å². The molecule has 3 rings (SSSR count). The quantitative estimate of drug-likeness (QED) is 0.703. The summed E-state index contributed by atoms with van der Waals surface area (Å²) in [7, 11) is 0. The van der Waals surface area contributed by atoms with Gasteiger partial charge in [-0.15, -0.1) is 0 Å². The Bertz CT molecular complexity index is 870. The molecule has 2 aromatic rings. The third-order valence-electron chi connectivity index (χ3n) is 3.50. The molecule has 0 fully saturated rings. The van der Waals surface area contributed by atoms with Crippen LogP contribution in [0.15, 0.2) is 42.7 Å². The second-order valence-corrected chi connectivity index (χ2v) is 7.06. The summed E-state index contributed by atoms with van der Waals surface area (Å²) in [5.74, 6) is -0.449. The fraction of sp³-hybridized carbons (Fsp3) is 0.211. The lowest BCUT2D eigenvalue weighted by atomic mass is 10.1. The molecule has 0 saturated heterocycles. The zero-order chi connectivity index (χ0) is 18.2. The van der Waals surface area contributed by atoms with E-state index in [9.17, 15) is 9.59 Å². The smallest absolute Gasteiger partial charge is 0.422 e. The molecule has 0 radical (unpaired) electrons. The van der Waals surface area contributed by atoms with Gasteiger partial charge in [-0.05, 0) is 50.6 Å². The molecule has 0 spiro atoms. The van der Waals surface area contributed by atoms with Gasteiger partial charge in [0.25, 0.3) is 5.91 Å². The summed E-state index contributed by atoms with van der Waals surface area (Å²) in [6.07, 6.45) is 4.27. The number of hydrogen-bond acceptors (Lipinski definition) is 4. The fourth-order valence-corrected chi connectivity index (χ4v) is 2.69. The summed E-state index contributed by atoms with van der Waals surface area (Å²) in [5.41, 5.74) is 1.49. The molecule has 25 heavy (non-hydrogen) atoms. The highest BCUT2D eigenvalue weighted by Crippen LogP contribution is 2.40. The minimum Gasteiger partial charge on any atom is -0.443 e. The number of anilines is 1. The van der Waals surface area contributed by atoms with Gasteiger partial charge in [-0.3, -0.25) is 9.78 Å². The largest absolute Gasteiger partial charge is 0.443 e. The van der Waals surface area contributed by atoms with Crippen LogP contribution in [0.1, 0.15) is 31.9 Å². The first-order chi connectivity index (χ1) is 11.8. The van der Waals surface area contributed by atoms with Crippen molar-refractivity contribution < 1.29 is 14.3 Å². The summed E-state index contributed by atoms with van der Waals surface area (Å²) in [6, 6.07) is 8.60. The first kappa shape index (κ1) is 17.2. The minimum atomic E-state index is -0.726. The topological polar surface area (TPSA) is 59.5 Å². The maximum absolute atomic E-state index is 12.9. The van der Waals surface area contributed by atoms with E-state index in [4.69, 9.17) is 16.3 Å². The van der Waals surface area contributed by atoms with Crippen molar-refractivity contribution in [3.8, 4) is 0 Å². The van der Waals surface area contributed by atoms with E-state index in [0.29, 0.717) is 21.8 Å². The molecule has 0 saturated carbocycles. The summed E-state index contributed by atoms with van der Waals surface area (Å²) in [6.45, 7) is 5.24. The van der Waals surface area contributed by atoms with Gasteiger partial charge in [0.15, 0.2) is 0 Å². The monoisotopic (exact) mass is 356 g/mol. The number of halogens is 1. The van der Waals surface area contributed by atoms with E-state index in [0.717, 1.165) is 10.5 Å². The second kappa shape index (κ2) is 6.33. The summed E-state index contributed by atoms with van der Waals surface area (Å²) >= 11 is 6.06. The highest BCUT2D eigenvalue weighted by molar-refractivity contribution is 6.42. The average molecular weight is 357 g/mol. The number of benzene rings is 1. The van der Waals surface area contributed by atoms with Crippen molar-refractivity contribution in [2.45, 2.75) is 26.4 Å². The number of carbonyl (C=O) groups excluding carboxylic acids is 2. The fourth-order valence-electron chi connectivity index (χ4n) is 2.52. The third-order valence-corrected chi connectivity index (χ3v) is 3.73. The lowest BCUT2D eigenvalue weighted by Crippen LogP contribution is -2.38. The normalized spacial score (nSPS) is 15.4. The summed E-state index contributed by atoms with van der Waals surface area (Å²) in [5, 5.41) is 0.433. The van der Waals surface area contributed by atoms with Gasteiger partial charge in [0, 0.05) is 23.0 Å². The number of hydrogen-bond donors (Lipinski definition) is 0. The summed E-state index contributed by atoms with van der Waals surface area (Å²) < 4.78 is 5.37. The lowest BCUT2D eigenvalue weighted by molar-refractivity contribution is -0.112. The number of amides is 2. The van der Waals surface area contributed by atoms with Crippen molar-refractivity contribution in [2.24, 2.45) is 0 Å². The van der Waals surface area contributed by atoms with Crippen LogP contribution in [0, 0.1) is 0 Å². The third kappa shape index (κ3) is 3.56. The molecule has 2 heterocycles. The number of aromatic nitrogens is 1. The first-order valence-electron chi connectivity index (χ1n) is 7.75. The van der Waals surface area contributed by atoms with Crippen molar-refractivity contribution in [3.05, 3.63) is 58.9 Å². The van der Waals surface area contributed by atoms with E-state index < -0.39 is 17.6 Å². The van der Waals surface area contributed by atoms with Crippen LogP contribution < -0.4 is 4.90 Å². The molecule has 1 aromatic heterocycles. The predicted molar refractivity (Wildman–Crippen MR) is 97.3 cm³/mol. The molecular formula is C19H17ClN2O3. The SMILES string of the molecule is CC(C)(C)OC(=O)N1C(=O)/C(=C/c2cccnc2)c2ccc(Cl)cc21. The molecule has 0 aliphatic carbocycles. The van der Waals surface area contributed by atoms with Crippen LogP contribution in [0.5, 0.6) is 0 Å². The minimum absolute atomic E-state index is 0.394. The second-order valence-electron chi connectivity index (χ2n) is 6.63. The van der Waals surface area contributed by atoms with E-state index in [1.807, 2.05) is 6.07 Å². The Kier molecular flexibility index (Phi) is 4.35. The van der Waals surface area contributed by atoms with Gasteiger partial charge in [0.05, 0.1) is 11.3 Å². The van der Waals surface area contributed by atoms with Crippen molar-refractivity contribution in [2.75, 3.05) is 4.90 Å². The van der Waals surface area contributed by atoms with Crippen molar-refractivity contribution in [1.82, 2.24) is 4.98 Å². The first-order valence-corrected chi connectivity index (χ1v) is 8.13. The van der Waals surface area contributed by atoms with Crippen LogP contribution in [-0.4, -0.2) is 22.6 Å². The predicted octanol–water partition coefficient (Wildman–Crippen LogP) is 4.56. The van der Waals surface area contributed by atoms with Gasteiger partial charge in [-0.1, -0.05) is 23.7 Å². The van der Waals surface area contributed by atoms with Gasteiger partial charge in [0.2, 0.25) is 0 Å². The number of fused-ring (bicyclic) bond motifs is 1. The zero-order valence-corrected chi connectivity index (χ0v) is 14.9. The van der Waals surface area contributed by atoms with E-state index >= 15 is 0 Å². The van der Waals surface area contributed by atoms with Gasteiger partial charge in [-0.25, -0.2) is 9.69 Å². The van der Waals surface area contributed by atoms with Gasteiger partial charge < -0.3 is 4.74 Å². The lowest BCUT2D eigenvalue weighted by Gasteiger charge is -2.23. The number of imide groups is 1. The Balaban J connectivity index is 2.08. The number of pyridine rings is 1. The van der Waals surface area contributed by atoms with Gasteiger partial charge in [0.1, 0.15) is 5.60 Å². The molecule has 1 aromatic carbocycles. The zero-order valence-electron chi connectivity index (χ0n) is 14.1. The van der Waals surface area contributed by atoms with Gasteiger partial charge >= 0.3 is 6.09 Å². The van der Waals surface area contributed by atoms with Crippen molar-refractivity contribution in [1.29, 1.82) is 0 Å². The Morgan fingerprint density at radius 2 is 2.04 bits per heavy atom. The number of rotatable bonds is 1. The Labute approximate surface area is 150 Å². The highest BCUT2D eigenvalue weighted by atomic mass is 35.5.